The van der Waals surface area contributed by atoms with Crippen LogP contribution in [0.25, 0.3) is 21.8 Å². The second-order valence-corrected chi connectivity index (χ2v) is 5.37. The minimum atomic E-state index is 1.36. The van der Waals surface area contributed by atoms with E-state index in [1.807, 2.05) is 0 Å². The third-order valence-electron chi connectivity index (χ3n) is 4.36. The number of rotatable bonds is 0. The van der Waals surface area contributed by atoms with Crippen LogP contribution in [0, 0.1) is 27.7 Å². The molecule has 1 aromatic heterocycles. The topological polar surface area (TPSA) is 4.93 Å². The molecule has 1 heteroatoms. The molecule has 1 nitrogen and oxygen atoms in total. The van der Waals surface area contributed by atoms with Gasteiger partial charge in [-0.1, -0.05) is 24.3 Å². The monoisotopic (exact) mass is 237 g/mol. The Balaban J connectivity index is 2.67. The zero-order chi connectivity index (χ0) is 13.0. The number of aromatic nitrogens is 1. The first-order chi connectivity index (χ1) is 8.52. The molecule has 18 heavy (non-hydrogen) atoms. The molecule has 3 aromatic rings. The Bertz CT molecular complexity index is 710. The minimum Gasteiger partial charge on any atom is -0.343 e. The van der Waals surface area contributed by atoms with Crippen molar-refractivity contribution in [3.05, 3.63) is 46.5 Å². The molecule has 1 heterocycles. The maximum atomic E-state index is 2.36. The molecule has 0 N–H and O–H groups in total. The number of hydrogen-bond acceptors (Lipinski definition) is 0. The Morgan fingerprint density at radius 2 is 1.06 bits per heavy atom. The lowest BCUT2D eigenvalue weighted by atomic mass is 10.0. The molecule has 2 aromatic carbocycles. The molecule has 0 bridgehead atoms. The Labute approximate surface area is 108 Å². The third-order valence-corrected chi connectivity index (χ3v) is 4.36. The van der Waals surface area contributed by atoms with Gasteiger partial charge >= 0.3 is 0 Å². The molecule has 0 fully saturated rings. The highest BCUT2D eigenvalue weighted by Crippen LogP contribution is 2.33. The number of aryl methyl sites for hydroxylation is 5. The van der Waals surface area contributed by atoms with Crippen LogP contribution in [-0.4, -0.2) is 4.57 Å². The summed E-state index contributed by atoms with van der Waals surface area (Å²) < 4.78 is 2.36. The molecule has 0 saturated carbocycles. The third kappa shape index (κ3) is 1.28. The number of hydrogen-bond donors (Lipinski definition) is 0. The van der Waals surface area contributed by atoms with Crippen molar-refractivity contribution in [1.29, 1.82) is 0 Å². The first-order valence-corrected chi connectivity index (χ1v) is 6.47. The van der Waals surface area contributed by atoms with Gasteiger partial charge in [0.1, 0.15) is 0 Å². The van der Waals surface area contributed by atoms with Crippen LogP contribution in [0.3, 0.4) is 0 Å². The molecule has 0 atom stereocenters. The van der Waals surface area contributed by atoms with Crippen LogP contribution >= 0.6 is 0 Å². The average molecular weight is 237 g/mol. The molecule has 0 saturated heterocycles. The van der Waals surface area contributed by atoms with Crippen LogP contribution in [-0.2, 0) is 7.05 Å². The van der Waals surface area contributed by atoms with E-state index < -0.39 is 0 Å². The summed E-state index contributed by atoms with van der Waals surface area (Å²) in [5.41, 5.74) is 8.26. The predicted molar refractivity (Wildman–Crippen MR) is 79.4 cm³/mol. The lowest BCUT2D eigenvalue weighted by molar-refractivity contribution is 0.998. The summed E-state index contributed by atoms with van der Waals surface area (Å²) in [6.45, 7) is 8.81. The highest BCUT2D eigenvalue weighted by molar-refractivity contribution is 6.10. The van der Waals surface area contributed by atoms with Gasteiger partial charge in [0.25, 0.3) is 0 Å². The van der Waals surface area contributed by atoms with Crippen molar-refractivity contribution in [3.8, 4) is 0 Å². The standard InChI is InChI=1S/C17H19N/c1-10-6-8-14-15-9-7-11(2)13(4)17(15)18(5)16(14)12(10)3/h6-9H,1-5H3. The number of benzene rings is 2. The van der Waals surface area contributed by atoms with Gasteiger partial charge in [-0.3, -0.25) is 0 Å². The van der Waals surface area contributed by atoms with Crippen LogP contribution in [0.2, 0.25) is 0 Å². The van der Waals surface area contributed by atoms with Crippen molar-refractivity contribution < 1.29 is 0 Å². The Kier molecular flexibility index (Phi) is 2.28. The summed E-state index contributed by atoms with van der Waals surface area (Å²) in [6, 6.07) is 8.97. The van der Waals surface area contributed by atoms with E-state index in [1.54, 1.807) is 0 Å². The fourth-order valence-corrected chi connectivity index (χ4v) is 3.01. The lowest BCUT2D eigenvalue weighted by Crippen LogP contribution is -1.93. The number of fused-ring (bicyclic) bond motifs is 3. The van der Waals surface area contributed by atoms with Crippen molar-refractivity contribution >= 4 is 21.8 Å². The van der Waals surface area contributed by atoms with Crippen molar-refractivity contribution in [3.63, 3.8) is 0 Å². The van der Waals surface area contributed by atoms with Crippen LogP contribution in [0.5, 0.6) is 0 Å². The van der Waals surface area contributed by atoms with Crippen molar-refractivity contribution in [2.45, 2.75) is 27.7 Å². The molecule has 0 radical (unpaired) electrons. The normalized spacial score (nSPS) is 11.6. The zero-order valence-corrected chi connectivity index (χ0v) is 11.8. The minimum absolute atomic E-state index is 1.36. The maximum Gasteiger partial charge on any atom is 0.0521 e. The highest BCUT2D eigenvalue weighted by Gasteiger charge is 2.13. The van der Waals surface area contributed by atoms with Crippen molar-refractivity contribution in [2.75, 3.05) is 0 Å². The van der Waals surface area contributed by atoms with Gasteiger partial charge in [-0.2, -0.15) is 0 Å². The molecule has 0 aliphatic rings. The first-order valence-electron chi connectivity index (χ1n) is 6.47. The van der Waals surface area contributed by atoms with Crippen LogP contribution in [0.15, 0.2) is 24.3 Å². The molecule has 0 aliphatic heterocycles. The van der Waals surface area contributed by atoms with Gasteiger partial charge < -0.3 is 4.57 Å². The molecule has 0 unspecified atom stereocenters. The van der Waals surface area contributed by atoms with E-state index >= 15 is 0 Å². The Morgan fingerprint density at radius 1 is 0.667 bits per heavy atom. The van der Waals surface area contributed by atoms with E-state index in [0.717, 1.165) is 0 Å². The van der Waals surface area contributed by atoms with Gasteiger partial charge in [0.15, 0.2) is 0 Å². The van der Waals surface area contributed by atoms with Gasteiger partial charge in [-0.25, -0.2) is 0 Å². The van der Waals surface area contributed by atoms with E-state index in [2.05, 4.69) is 63.6 Å². The molecule has 3 rings (SSSR count). The first kappa shape index (κ1) is 11.3. The van der Waals surface area contributed by atoms with E-state index in [1.165, 1.54) is 44.1 Å². The van der Waals surface area contributed by atoms with Crippen LogP contribution in [0.4, 0.5) is 0 Å². The summed E-state index contributed by atoms with van der Waals surface area (Å²) >= 11 is 0. The van der Waals surface area contributed by atoms with Gasteiger partial charge in [0.05, 0.1) is 11.0 Å². The fraction of sp³-hybridized carbons (Fsp3) is 0.294. The fourth-order valence-electron chi connectivity index (χ4n) is 3.01. The van der Waals surface area contributed by atoms with Crippen LogP contribution in [0.1, 0.15) is 22.3 Å². The zero-order valence-electron chi connectivity index (χ0n) is 11.8. The highest BCUT2D eigenvalue weighted by atomic mass is 14.9. The van der Waals surface area contributed by atoms with Gasteiger partial charge in [-0.05, 0) is 49.9 Å². The quantitative estimate of drug-likeness (QED) is 0.540. The van der Waals surface area contributed by atoms with E-state index in [4.69, 9.17) is 0 Å². The van der Waals surface area contributed by atoms with Crippen LogP contribution < -0.4 is 0 Å². The molecule has 0 aliphatic carbocycles. The Morgan fingerprint density at radius 3 is 1.44 bits per heavy atom. The number of nitrogens with zero attached hydrogens (tertiary/aromatic N) is 1. The lowest BCUT2D eigenvalue weighted by Gasteiger charge is -2.06. The van der Waals surface area contributed by atoms with E-state index in [9.17, 15) is 0 Å². The molecular formula is C17H19N. The van der Waals surface area contributed by atoms with E-state index in [0.29, 0.717) is 0 Å². The molecule has 0 amide bonds. The van der Waals surface area contributed by atoms with Gasteiger partial charge in [-0.15, -0.1) is 0 Å². The van der Waals surface area contributed by atoms with E-state index in [-0.39, 0.29) is 0 Å². The molecule has 92 valence electrons. The summed E-state index contributed by atoms with van der Waals surface area (Å²) in [6.07, 6.45) is 0. The van der Waals surface area contributed by atoms with Gasteiger partial charge in [0.2, 0.25) is 0 Å². The Hall–Kier alpha value is -1.76. The summed E-state index contributed by atoms with van der Waals surface area (Å²) in [5.74, 6) is 0. The second kappa shape index (κ2) is 3.61. The average Bonchev–Trinajstić information content (AvgIpc) is 2.63. The predicted octanol–water partition coefficient (Wildman–Crippen LogP) is 4.57. The SMILES string of the molecule is Cc1ccc2c3ccc(C)c(C)c3n(C)c2c1C. The summed E-state index contributed by atoms with van der Waals surface area (Å²) in [7, 11) is 2.18. The van der Waals surface area contributed by atoms with Crippen molar-refractivity contribution in [2.24, 2.45) is 7.05 Å². The smallest absolute Gasteiger partial charge is 0.0521 e. The summed E-state index contributed by atoms with van der Waals surface area (Å²) in [4.78, 5) is 0. The van der Waals surface area contributed by atoms with Crippen molar-refractivity contribution in [1.82, 2.24) is 4.57 Å². The van der Waals surface area contributed by atoms with Gasteiger partial charge in [0, 0.05) is 17.8 Å². The second-order valence-electron chi connectivity index (χ2n) is 5.37. The molecular weight excluding hydrogens is 218 g/mol. The summed E-state index contributed by atoms with van der Waals surface area (Å²) in [5, 5.41) is 2.75. The maximum absolute atomic E-state index is 2.36. The molecule has 0 spiro atoms. The largest absolute Gasteiger partial charge is 0.343 e.